The van der Waals surface area contributed by atoms with Crippen molar-refractivity contribution >= 4 is 12.0 Å². The van der Waals surface area contributed by atoms with Crippen molar-refractivity contribution in [1.29, 1.82) is 0 Å². The number of amides is 1. The average molecular weight is 343 g/mol. The SMILES string of the molecule is CC(C)Oc1cccc(/C=C/C(=O)NCCc2nnnn2C(C)C)c1. The van der Waals surface area contributed by atoms with Crippen molar-refractivity contribution in [2.45, 2.75) is 46.3 Å². The molecule has 0 unspecified atom stereocenters. The molecule has 0 spiro atoms. The molecule has 0 aliphatic heterocycles. The number of benzene rings is 1. The average Bonchev–Trinajstić information content (AvgIpc) is 3.01. The lowest BCUT2D eigenvalue weighted by Gasteiger charge is -2.09. The van der Waals surface area contributed by atoms with Gasteiger partial charge in [-0.15, -0.1) is 5.10 Å². The van der Waals surface area contributed by atoms with E-state index in [-0.39, 0.29) is 18.1 Å². The molecule has 0 aliphatic rings. The maximum Gasteiger partial charge on any atom is 0.244 e. The summed E-state index contributed by atoms with van der Waals surface area (Å²) in [5, 5.41) is 14.4. The molecule has 1 aromatic carbocycles. The Balaban J connectivity index is 1.83. The summed E-state index contributed by atoms with van der Waals surface area (Å²) >= 11 is 0. The number of rotatable bonds is 8. The summed E-state index contributed by atoms with van der Waals surface area (Å²) in [4.78, 5) is 11.9. The number of aromatic nitrogens is 4. The fourth-order valence-electron chi connectivity index (χ4n) is 2.27. The molecule has 1 N–H and O–H groups in total. The third kappa shape index (κ3) is 6.02. The second kappa shape index (κ2) is 8.96. The van der Waals surface area contributed by atoms with E-state index in [9.17, 15) is 4.79 Å². The summed E-state index contributed by atoms with van der Waals surface area (Å²) in [5.41, 5.74) is 0.914. The first-order chi connectivity index (χ1) is 12.0. The summed E-state index contributed by atoms with van der Waals surface area (Å²) in [6.45, 7) is 8.46. The van der Waals surface area contributed by atoms with E-state index in [0.717, 1.165) is 17.1 Å². The van der Waals surface area contributed by atoms with E-state index in [1.165, 1.54) is 6.08 Å². The van der Waals surface area contributed by atoms with E-state index in [0.29, 0.717) is 13.0 Å². The molecule has 134 valence electrons. The Hall–Kier alpha value is -2.70. The summed E-state index contributed by atoms with van der Waals surface area (Å²) in [6.07, 6.45) is 3.98. The van der Waals surface area contributed by atoms with Crippen molar-refractivity contribution in [3.63, 3.8) is 0 Å². The highest BCUT2D eigenvalue weighted by Gasteiger charge is 2.08. The summed E-state index contributed by atoms with van der Waals surface area (Å²) in [7, 11) is 0. The molecule has 25 heavy (non-hydrogen) atoms. The van der Waals surface area contributed by atoms with Crippen molar-refractivity contribution in [2.75, 3.05) is 6.54 Å². The standard InChI is InChI=1S/C18H25N5O2/c1-13(2)23-17(20-21-22-23)10-11-19-18(24)9-8-15-6-5-7-16(12-15)25-14(3)4/h5-9,12-14H,10-11H2,1-4H3,(H,19,24)/b9-8+. The molecule has 0 saturated heterocycles. The molecule has 7 heteroatoms. The van der Waals surface area contributed by atoms with Crippen LogP contribution in [-0.2, 0) is 11.2 Å². The van der Waals surface area contributed by atoms with Gasteiger partial charge in [0.1, 0.15) is 5.75 Å². The zero-order valence-electron chi connectivity index (χ0n) is 15.1. The van der Waals surface area contributed by atoms with Crippen molar-refractivity contribution in [1.82, 2.24) is 25.5 Å². The van der Waals surface area contributed by atoms with Crippen LogP contribution >= 0.6 is 0 Å². The first-order valence-electron chi connectivity index (χ1n) is 8.45. The number of hydrogen-bond acceptors (Lipinski definition) is 5. The summed E-state index contributed by atoms with van der Waals surface area (Å²) < 4.78 is 7.39. The van der Waals surface area contributed by atoms with Gasteiger partial charge in [0.15, 0.2) is 5.82 Å². The third-order valence-electron chi connectivity index (χ3n) is 3.35. The van der Waals surface area contributed by atoms with Gasteiger partial charge in [-0.25, -0.2) is 4.68 Å². The van der Waals surface area contributed by atoms with Gasteiger partial charge in [0.25, 0.3) is 0 Å². The van der Waals surface area contributed by atoms with Gasteiger partial charge in [0.2, 0.25) is 5.91 Å². The van der Waals surface area contributed by atoms with Gasteiger partial charge < -0.3 is 10.1 Å². The molecule has 1 amide bonds. The van der Waals surface area contributed by atoms with Crippen molar-refractivity contribution in [2.24, 2.45) is 0 Å². The van der Waals surface area contributed by atoms with Gasteiger partial charge in [0.05, 0.1) is 12.1 Å². The molecule has 0 bridgehead atoms. The predicted molar refractivity (Wildman–Crippen MR) is 96.2 cm³/mol. The number of nitrogens with one attached hydrogen (secondary N) is 1. The molecule has 0 atom stereocenters. The highest BCUT2D eigenvalue weighted by Crippen LogP contribution is 2.15. The number of ether oxygens (including phenoxy) is 1. The predicted octanol–water partition coefficient (Wildman–Crippen LogP) is 2.41. The minimum absolute atomic E-state index is 0.116. The van der Waals surface area contributed by atoms with Crippen molar-refractivity contribution in [3.05, 3.63) is 41.7 Å². The fraction of sp³-hybridized carbons (Fsp3) is 0.444. The number of nitrogens with zero attached hydrogens (tertiary/aromatic N) is 4. The van der Waals surface area contributed by atoms with Gasteiger partial charge >= 0.3 is 0 Å². The van der Waals surface area contributed by atoms with Crippen molar-refractivity contribution in [3.8, 4) is 5.75 Å². The lowest BCUT2D eigenvalue weighted by atomic mass is 10.2. The largest absolute Gasteiger partial charge is 0.491 e. The molecule has 0 aliphatic carbocycles. The molecule has 0 fully saturated rings. The van der Waals surface area contributed by atoms with Crippen LogP contribution in [0.4, 0.5) is 0 Å². The maximum absolute atomic E-state index is 11.9. The van der Waals surface area contributed by atoms with Gasteiger partial charge in [-0.2, -0.15) is 0 Å². The van der Waals surface area contributed by atoms with Crippen LogP contribution in [-0.4, -0.2) is 38.8 Å². The molecule has 2 rings (SSSR count). The Bertz CT molecular complexity index is 722. The van der Waals surface area contributed by atoms with Crippen LogP contribution in [0.15, 0.2) is 30.3 Å². The van der Waals surface area contributed by atoms with Gasteiger partial charge in [0, 0.05) is 19.0 Å². The number of tetrazole rings is 1. The highest BCUT2D eigenvalue weighted by atomic mass is 16.5. The van der Waals surface area contributed by atoms with E-state index in [1.54, 1.807) is 10.8 Å². The normalized spacial score (nSPS) is 11.4. The minimum Gasteiger partial charge on any atom is -0.491 e. The fourth-order valence-corrected chi connectivity index (χ4v) is 2.27. The quantitative estimate of drug-likeness (QED) is 0.744. The molecule has 1 heterocycles. The molecule has 2 aromatic rings. The second-order valence-electron chi connectivity index (χ2n) is 6.25. The third-order valence-corrected chi connectivity index (χ3v) is 3.35. The molecule has 1 aromatic heterocycles. The number of carbonyl (C=O) groups excluding carboxylic acids is 1. The highest BCUT2D eigenvalue weighted by molar-refractivity contribution is 5.91. The Kier molecular flexibility index (Phi) is 6.68. The molecule has 7 nitrogen and oxygen atoms in total. The molecule has 0 saturated carbocycles. The Labute approximate surface area is 148 Å². The van der Waals surface area contributed by atoms with E-state index >= 15 is 0 Å². The Morgan fingerprint density at radius 3 is 2.84 bits per heavy atom. The van der Waals surface area contributed by atoms with E-state index in [4.69, 9.17) is 4.74 Å². The molecular formula is C18H25N5O2. The minimum atomic E-state index is -0.154. The molecular weight excluding hydrogens is 318 g/mol. The van der Waals surface area contributed by atoms with Crippen LogP contribution in [0.2, 0.25) is 0 Å². The second-order valence-corrected chi connectivity index (χ2v) is 6.25. The maximum atomic E-state index is 11.9. The lowest BCUT2D eigenvalue weighted by Crippen LogP contribution is -2.25. The smallest absolute Gasteiger partial charge is 0.244 e. The van der Waals surface area contributed by atoms with E-state index < -0.39 is 0 Å². The van der Waals surface area contributed by atoms with Crippen LogP contribution in [0.5, 0.6) is 5.75 Å². The topological polar surface area (TPSA) is 81.9 Å². The van der Waals surface area contributed by atoms with Crippen LogP contribution < -0.4 is 10.1 Å². The van der Waals surface area contributed by atoms with E-state index in [2.05, 4.69) is 20.8 Å². The number of hydrogen-bond donors (Lipinski definition) is 1. The van der Waals surface area contributed by atoms with Crippen LogP contribution in [0.1, 0.15) is 45.1 Å². The lowest BCUT2D eigenvalue weighted by molar-refractivity contribution is -0.116. The van der Waals surface area contributed by atoms with Crippen LogP contribution in [0.25, 0.3) is 6.08 Å². The zero-order valence-corrected chi connectivity index (χ0v) is 15.1. The monoisotopic (exact) mass is 343 g/mol. The Morgan fingerprint density at radius 1 is 1.32 bits per heavy atom. The van der Waals surface area contributed by atoms with Gasteiger partial charge in [-0.05, 0) is 61.9 Å². The van der Waals surface area contributed by atoms with E-state index in [1.807, 2.05) is 52.0 Å². The summed E-state index contributed by atoms with van der Waals surface area (Å²) in [6, 6.07) is 7.83. The van der Waals surface area contributed by atoms with Gasteiger partial charge in [-0.1, -0.05) is 12.1 Å². The Morgan fingerprint density at radius 2 is 2.12 bits per heavy atom. The first kappa shape index (κ1) is 18.6. The number of carbonyl (C=O) groups is 1. The molecule has 0 radical (unpaired) electrons. The van der Waals surface area contributed by atoms with Crippen molar-refractivity contribution < 1.29 is 9.53 Å². The summed E-state index contributed by atoms with van der Waals surface area (Å²) in [5.74, 6) is 1.40. The van der Waals surface area contributed by atoms with Crippen LogP contribution in [0.3, 0.4) is 0 Å². The first-order valence-corrected chi connectivity index (χ1v) is 8.45. The van der Waals surface area contributed by atoms with Gasteiger partial charge in [-0.3, -0.25) is 4.79 Å². The zero-order chi connectivity index (χ0) is 18.2. The van der Waals surface area contributed by atoms with Crippen LogP contribution in [0, 0.1) is 0 Å².